The van der Waals surface area contributed by atoms with Crippen molar-refractivity contribution in [1.82, 2.24) is 10.6 Å². The van der Waals surface area contributed by atoms with E-state index in [4.69, 9.17) is 5.26 Å². The molecule has 1 aliphatic heterocycles. The second-order valence-corrected chi connectivity index (χ2v) is 5.14. The van der Waals surface area contributed by atoms with E-state index in [0.29, 0.717) is 11.8 Å². The van der Waals surface area contributed by atoms with Gasteiger partial charge in [0.2, 0.25) is 5.91 Å². The lowest BCUT2D eigenvalue weighted by molar-refractivity contribution is -0.123. The standard InChI is InChI=1S/C12H19N3O/c1-9(2-5-13)15-11(16)10-8-12(10)3-6-14-7-4-12/h9-10,14H,2-4,6-8H2,1H3,(H,15,16). The number of hydrogen-bond acceptors (Lipinski definition) is 3. The summed E-state index contributed by atoms with van der Waals surface area (Å²) in [4.78, 5) is 11.9. The predicted molar refractivity (Wildman–Crippen MR) is 60.5 cm³/mol. The second kappa shape index (κ2) is 4.42. The van der Waals surface area contributed by atoms with Crippen molar-refractivity contribution in [1.29, 1.82) is 5.26 Å². The van der Waals surface area contributed by atoms with Gasteiger partial charge in [0.1, 0.15) is 0 Å². The number of nitrogens with one attached hydrogen (secondary N) is 2. The molecule has 2 atom stereocenters. The van der Waals surface area contributed by atoms with Crippen LogP contribution in [0.1, 0.15) is 32.6 Å². The number of amides is 1. The fourth-order valence-corrected chi connectivity index (χ4v) is 2.73. The highest BCUT2D eigenvalue weighted by molar-refractivity contribution is 5.82. The van der Waals surface area contributed by atoms with Crippen LogP contribution in [0.5, 0.6) is 0 Å². The molecule has 1 aliphatic carbocycles. The summed E-state index contributed by atoms with van der Waals surface area (Å²) in [5.41, 5.74) is 0.293. The number of carbonyl (C=O) groups is 1. The zero-order valence-corrected chi connectivity index (χ0v) is 9.75. The summed E-state index contributed by atoms with van der Waals surface area (Å²) in [5, 5.41) is 14.8. The molecular formula is C12H19N3O. The van der Waals surface area contributed by atoms with Crippen molar-refractivity contribution in [3.8, 4) is 6.07 Å². The van der Waals surface area contributed by atoms with Gasteiger partial charge in [0.05, 0.1) is 12.5 Å². The number of nitriles is 1. The summed E-state index contributed by atoms with van der Waals surface area (Å²) in [6, 6.07) is 2.06. The van der Waals surface area contributed by atoms with E-state index in [1.54, 1.807) is 0 Å². The molecule has 2 unspecified atom stereocenters. The summed E-state index contributed by atoms with van der Waals surface area (Å²) in [6.07, 6.45) is 3.68. The Kier molecular flexibility index (Phi) is 3.15. The first-order valence-corrected chi connectivity index (χ1v) is 6.06. The van der Waals surface area contributed by atoms with Crippen molar-refractivity contribution in [2.45, 2.75) is 38.6 Å². The molecule has 2 rings (SSSR count). The summed E-state index contributed by atoms with van der Waals surface area (Å²) in [7, 11) is 0. The fraction of sp³-hybridized carbons (Fsp3) is 0.833. The lowest BCUT2D eigenvalue weighted by atomic mass is 9.91. The van der Waals surface area contributed by atoms with Crippen LogP contribution in [-0.4, -0.2) is 25.0 Å². The van der Waals surface area contributed by atoms with E-state index in [1.807, 2.05) is 6.92 Å². The quantitative estimate of drug-likeness (QED) is 0.740. The third-order valence-electron chi connectivity index (χ3n) is 3.89. The molecule has 1 amide bonds. The first-order valence-electron chi connectivity index (χ1n) is 6.06. The van der Waals surface area contributed by atoms with Crippen molar-refractivity contribution in [2.75, 3.05) is 13.1 Å². The first-order chi connectivity index (χ1) is 7.68. The Morgan fingerprint density at radius 2 is 2.31 bits per heavy atom. The minimum atomic E-state index is -0.0168. The smallest absolute Gasteiger partial charge is 0.223 e. The van der Waals surface area contributed by atoms with Crippen molar-refractivity contribution in [3.05, 3.63) is 0 Å². The van der Waals surface area contributed by atoms with Crippen molar-refractivity contribution < 1.29 is 4.79 Å². The van der Waals surface area contributed by atoms with E-state index in [2.05, 4.69) is 16.7 Å². The minimum absolute atomic E-state index is 0.0168. The molecule has 0 radical (unpaired) electrons. The molecular weight excluding hydrogens is 202 g/mol. The first kappa shape index (κ1) is 11.4. The Morgan fingerprint density at radius 3 is 2.94 bits per heavy atom. The molecule has 1 saturated heterocycles. The lowest BCUT2D eigenvalue weighted by Crippen LogP contribution is -2.37. The van der Waals surface area contributed by atoms with Crippen LogP contribution < -0.4 is 10.6 Å². The van der Waals surface area contributed by atoms with E-state index >= 15 is 0 Å². The molecule has 2 fully saturated rings. The van der Waals surface area contributed by atoms with Crippen molar-refractivity contribution >= 4 is 5.91 Å². The fourth-order valence-electron chi connectivity index (χ4n) is 2.73. The molecule has 1 heterocycles. The van der Waals surface area contributed by atoms with E-state index in [0.717, 1.165) is 32.4 Å². The van der Waals surface area contributed by atoms with Crippen LogP contribution in [0.3, 0.4) is 0 Å². The van der Waals surface area contributed by atoms with Crippen LogP contribution in [0.2, 0.25) is 0 Å². The van der Waals surface area contributed by atoms with Gasteiger partial charge >= 0.3 is 0 Å². The number of hydrogen-bond donors (Lipinski definition) is 2. The van der Waals surface area contributed by atoms with E-state index in [-0.39, 0.29) is 17.9 Å². The van der Waals surface area contributed by atoms with Crippen LogP contribution in [0, 0.1) is 22.7 Å². The number of piperidine rings is 1. The van der Waals surface area contributed by atoms with Gasteiger partial charge < -0.3 is 10.6 Å². The molecule has 0 aromatic rings. The van der Waals surface area contributed by atoms with Gasteiger partial charge in [-0.1, -0.05) is 0 Å². The average molecular weight is 221 g/mol. The van der Waals surface area contributed by atoms with Crippen molar-refractivity contribution in [2.24, 2.45) is 11.3 Å². The number of carbonyl (C=O) groups excluding carboxylic acids is 1. The van der Waals surface area contributed by atoms with Crippen LogP contribution in [0.4, 0.5) is 0 Å². The highest BCUT2D eigenvalue weighted by atomic mass is 16.2. The third kappa shape index (κ3) is 2.19. The Labute approximate surface area is 96.4 Å². The van der Waals surface area contributed by atoms with E-state index in [1.165, 1.54) is 0 Å². The monoisotopic (exact) mass is 221 g/mol. The zero-order valence-electron chi connectivity index (χ0n) is 9.75. The van der Waals surface area contributed by atoms with Gasteiger partial charge in [0.25, 0.3) is 0 Å². The van der Waals surface area contributed by atoms with Crippen LogP contribution in [0.15, 0.2) is 0 Å². The van der Waals surface area contributed by atoms with Crippen LogP contribution >= 0.6 is 0 Å². The molecule has 1 spiro atoms. The van der Waals surface area contributed by atoms with Gasteiger partial charge in [-0.2, -0.15) is 5.26 Å². The highest BCUT2D eigenvalue weighted by Gasteiger charge is 2.57. The molecule has 0 aromatic carbocycles. The molecule has 2 N–H and O–H groups in total. The summed E-state index contributed by atoms with van der Waals surface area (Å²) < 4.78 is 0. The molecule has 2 aliphatic rings. The topological polar surface area (TPSA) is 64.9 Å². The van der Waals surface area contributed by atoms with Crippen LogP contribution in [0.25, 0.3) is 0 Å². The summed E-state index contributed by atoms with van der Waals surface area (Å²) in [5.74, 6) is 0.361. The SMILES string of the molecule is CC(CC#N)NC(=O)C1CC12CCNCC2. The molecule has 88 valence electrons. The Bertz CT molecular complexity index is 315. The van der Waals surface area contributed by atoms with Crippen molar-refractivity contribution in [3.63, 3.8) is 0 Å². The van der Waals surface area contributed by atoms with E-state index < -0.39 is 0 Å². The summed E-state index contributed by atoms with van der Waals surface area (Å²) in [6.45, 7) is 3.97. The Hall–Kier alpha value is -1.08. The number of nitrogens with zero attached hydrogens (tertiary/aromatic N) is 1. The molecule has 0 bridgehead atoms. The molecule has 1 saturated carbocycles. The third-order valence-corrected chi connectivity index (χ3v) is 3.89. The van der Waals surface area contributed by atoms with E-state index in [9.17, 15) is 4.79 Å². The Balaban J connectivity index is 1.82. The maximum absolute atomic E-state index is 11.9. The van der Waals surface area contributed by atoms with Gasteiger partial charge in [-0.3, -0.25) is 4.79 Å². The van der Waals surface area contributed by atoms with Gasteiger partial charge in [0.15, 0.2) is 0 Å². The summed E-state index contributed by atoms with van der Waals surface area (Å²) >= 11 is 0. The number of rotatable bonds is 3. The highest BCUT2D eigenvalue weighted by Crippen LogP contribution is 2.58. The maximum Gasteiger partial charge on any atom is 0.223 e. The minimum Gasteiger partial charge on any atom is -0.352 e. The molecule has 0 aromatic heterocycles. The van der Waals surface area contributed by atoms with Gasteiger partial charge in [-0.05, 0) is 44.7 Å². The molecule has 4 heteroatoms. The molecule has 4 nitrogen and oxygen atoms in total. The largest absolute Gasteiger partial charge is 0.352 e. The molecule has 16 heavy (non-hydrogen) atoms. The Morgan fingerprint density at radius 1 is 1.62 bits per heavy atom. The van der Waals surface area contributed by atoms with Gasteiger partial charge in [0, 0.05) is 12.0 Å². The predicted octanol–water partition coefficient (Wildman–Crippen LogP) is 0.794. The second-order valence-electron chi connectivity index (χ2n) is 5.14. The maximum atomic E-state index is 11.9. The van der Waals surface area contributed by atoms with Gasteiger partial charge in [-0.15, -0.1) is 0 Å². The van der Waals surface area contributed by atoms with Crippen LogP contribution in [-0.2, 0) is 4.79 Å². The van der Waals surface area contributed by atoms with Gasteiger partial charge in [-0.25, -0.2) is 0 Å². The zero-order chi connectivity index (χ0) is 11.6. The average Bonchev–Trinajstić information content (AvgIpc) is 2.93. The lowest BCUT2D eigenvalue weighted by Gasteiger charge is -2.23. The normalized spacial score (nSPS) is 28.1.